The lowest BCUT2D eigenvalue weighted by Crippen LogP contribution is -2.31. The molecule has 1 fully saturated rings. The van der Waals surface area contributed by atoms with Crippen molar-refractivity contribution in [2.75, 3.05) is 0 Å². The quantitative estimate of drug-likeness (QED) is 0.843. The van der Waals surface area contributed by atoms with Crippen LogP contribution in [0.1, 0.15) is 32.3 Å². The first-order valence-electron chi connectivity index (χ1n) is 6.09. The molecule has 0 radical (unpaired) electrons. The lowest BCUT2D eigenvalue weighted by Gasteiger charge is -2.19. The number of nitrogens with zero attached hydrogens (tertiary/aromatic N) is 2. The molecule has 1 aliphatic rings. The van der Waals surface area contributed by atoms with Gasteiger partial charge in [-0.2, -0.15) is 5.10 Å². The molecule has 0 bridgehead atoms. The maximum atomic E-state index is 4.17. The van der Waals surface area contributed by atoms with Gasteiger partial charge in [-0.25, -0.2) is 4.68 Å². The van der Waals surface area contributed by atoms with E-state index in [1.165, 1.54) is 18.4 Å². The Hall–Kier alpha value is -1.09. The molecule has 1 heterocycles. The molecule has 16 heavy (non-hydrogen) atoms. The van der Waals surface area contributed by atoms with Crippen molar-refractivity contribution in [2.24, 2.45) is 11.8 Å². The second-order valence-corrected chi connectivity index (χ2v) is 4.91. The first-order valence-corrected chi connectivity index (χ1v) is 6.09. The van der Waals surface area contributed by atoms with E-state index in [-0.39, 0.29) is 0 Å². The number of rotatable bonds is 4. The molecule has 0 saturated heterocycles. The molecule has 3 atom stereocenters. The largest absolute Gasteiger partial charge is 0.310 e. The second-order valence-electron chi connectivity index (χ2n) is 4.91. The molecule has 0 aromatic carbocycles. The van der Waals surface area contributed by atoms with E-state index in [0.29, 0.717) is 6.04 Å². The van der Waals surface area contributed by atoms with Gasteiger partial charge in [-0.3, -0.25) is 0 Å². The van der Waals surface area contributed by atoms with Crippen molar-refractivity contribution in [3.63, 3.8) is 0 Å². The van der Waals surface area contributed by atoms with Crippen LogP contribution in [0.15, 0.2) is 19.0 Å². The maximum absolute atomic E-state index is 4.17. The topological polar surface area (TPSA) is 29.9 Å². The zero-order valence-electron chi connectivity index (χ0n) is 10.2. The van der Waals surface area contributed by atoms with Gasteiger partial charge in [-0.05, 0) is 24.7 Å². The SMILES string of the molecule is C=Cn1cc(CNC2CCC(C)C2C)cn1. The molecule has 2 rings (SSSR count). The summed E-state index contributed by atoms with van der Waals surface area (Å²) < 4.78 is 1.75. The summed E-state index contributed by atoms with van der Waals surface area (Å²) in [5, 5.41) is 7.80. The third-order valence-electron chi connectivity index (χ3n) is 3.88. The summed E-state index contributed by atoms with van der Waals surface area (Å²) >= 11 is 0. The first kappa shape index (κ1) is 11.4. The van der Waals surface area contributed by atoms with Gasteiger partial charge in [0.25, 0.3) is 0 Å². The van der Waals surface area contributed by atoms with E-state index in [1.54, 1.807) is 10.9 Å². The van der Waals surface area contributed by atoms with Crippen molar-refractivity contribution in [3.05, 3.63) is 24.5 Å². The van der Waals surface area contributed by atoms with Crippen LogP contribution >= 0.6 is 0 Å². The van der Waals surface area contributed by atoms with Crippen LogP contribution in [0.3, 0.4) is 0 Å². The highest BCUT2D eigenvalue weighted by Crippen LogP contribution is 2.31. The molecule has 1 N–H and O–H groups in total. The standard InChI is InChI=1S/C13H21N3/c1-4-16-9-12(8-15-16)7-14-13-6-5-10(2)11(13)3/h4,8-11,13-14H,1,5-7H2,2-3H3. The predicted octanol–water partition coefficient (Wildman–Crippen LogP) is 2.51. The van der Waals surface area contributed by atoms with Gasteiger partial charge in [-0.1, -0.05) is 20.4 Å². The average molecular weight is 219 g/mol. The van der Waals surface area contributed by atoms with Crippen LogP contribution < -0.4 is 5.32 Å². The van der Waals surface area contributed by atoms with E-state index in [2.05, 4.69) is 30.8 Å². The fourth-order valence-electron chi connectivity index (χ4n) is 2.47. The molecule has 0 aliphatic heterocycles. The summed E-state index contributed by atoms with van der Waals surface area (Å²) in [5.41, 5.74) is 1.23. The minimum Gasteiger partial charge on any atom is -0.310 e. The second kappa shape index (κ2) is 4.83. The van der Waals surface area contributed by atoms with Crippen LogP contribution in [0.2, 0.25) is 0 Å². The Kier molecular flexibility index (Phi) is 3.44. The molecule has 0 spiro atoms. The van der Waals surface area contributed by atoms with Crippen molar-refractivity contribution in [1.29, 1.82) is 0 Å². The summed E-state index contributed by atoms with van der Waals surface area (Å²) in [6.07, 6.45) is 8.28. The third kappa shape index (κ3) is 2.35. The Labute approximate surface area is 97.5 Å². The summed E-state index contributed by atoms with van der Waals surface area (Å²) in [6, 6.07) is 0.669. The number of hydrogen-bond donors (Lipinski definition) is 1. The monoisotopic (exact) mass is 219 g/mol. The Morgan fingerprint density at radius 3 is 2.94 bits per heavy atom. The summed E-state index contributed by atoms with van der Waals surface area (Å²) in [6.45, 7) is 9.30. The Morgan fingerprint density at radius 1 is 1.56 bits per heavy atom. The lowest BCUT2D eigenvalue weighted by molar-refractivity contribution is 0.370. The van der Waals surface area contributed by atoms with Crippen molar-refractivity contribution >= 4 is 6.20 Å². The third-order valence-corrected chi connectivity index (χ3v) is 3.88. The van der Waals surface area contributed by atoms with E-state index in [0.717, 1.165) is 18.4 Å². The Balaban J connectivity index is 1.85. The van der Waals surface area contributed by atoms with Crippen LogP contribution in [-0.2, 0) is 6.54 Å². The molecular formula is C13H21N3. The number of aromatic nitrogens is 2. The van der Waals surface area contributed by atoms with Crippen molar-refractivity contribution in [1.82, 2.24) is 15.1 Å². The van der Waals surface area contributed by atoms with Gasteiger partial charge in [-0.15, -0.1) is 0 Å². The molecule has 3 nitrogen and oxygen atoms in total. The summed E-state index contributed by atoms with van der Waals surface area (Å²) in [5.74, 6) is 1.64. The molecule has 3 heteroatoms. The van der Waals surface area contributed by atoms with Crippen molar-refractivity contribution < 1.29 is 0 Å². The molecule has 0 amide bonds. The van der Waals surface area contributed by atoms with Crippen molar-refractivity contribution in [3.8, 4) is 0 Å². The van der Waals surface area contributed by atoms with Gasteiger partial charge in [0.2, 0.25) is 0 Å². The highest BCUT2D eigenvalue weighted by atomic mass is 15.2. The van der Waals surface area contributed by atoms with E-state index in [9.17, 15) is 0 Å². The lowest BCUT2D eigenvalue weighted by atomic mass is 9.98. The summed E-state index contributed by atoms with van der Waals surface area (Å²) in [7, 11) is 0. The van der Waals surface area contributed by atoms with Gasteiger partial charge in [0.1, 0.15) is 0 Å². The molecule has 1 aromatic heterocycles. The average Bonchev–Trinajstić information content (AvgIpc) is 2.86. The van der Waals surface area contributed by atoms with Crippen molar-refractivity contribution in [2.45, 2.75) is 39.3 Å². The normalized spacial score (nSPS) is 29.5. The highest BCUT2D eigenvalue weighted by molar-refractivity contribution is 5.17. The van der Waals surface area contributed by atoms with Crippen LogP contribution in [0.25, 0.3) is 6.20 Å². The van der Waals surface area contributed by atoms with Gasteiger partial charge in [0, 0.05) is 30.5 Å². The molecule has 3 unspecified atom stereocenters. The van der Waals surface area contributed by atoms with Gasteiger partial charge in [0.05, 0.1) is 6.20 Å². The molecule has 1 aromatic rings. The van der Waals surface area contributed by atoms with Crippen LogP contribution in [-0.4, -0.2) is 15.8 Å². The van der Waals surface area contributed by atoms with Crippen LogP contribution in [0.5, 0.6) is 0 Å². The van der Waals surface area contributed by atoms with Gasteiger partial charge >= 0.3 is 0 Å². The maximum Gasteiger partial charge on any atom is 0.0538 e. The Bertz CT molecular complexity index is 356. The van der Waals surface area contributed by atoms with Gasteiger partial charge in [0.15, 0.2) is 0 Å². The molecule has 1 aliphatic carbocycles. The van der Waals surface area contributed by atoms with Crippen LogP contribution in [0.4, 0.5) is 0 Å². The molecule has 88 valence electrons. The zero-order valence-corrected chi connectivity index (χ0v) is 10.2. The Morgan fingerprint density at radius 2 is 2.38 bits per heavy atom. The number of nitrogens with one attached hydrogen (secondary N) is 1. The molecular weight excluding hydrogens is 198 g/mol. The fourth-order valence-corrected chi connectivity index (χ4v) is 2.47. The highest BCUT2D eigenvalue weighted by Gasteiger charge is 2.28. The zero-order chi connectivity index (χ0) is 11.5. The number of hydrogen-bond acceptors (Lipinski definition) is 2. The first-order chi connectivity index (χ1) is 7.70. The van der Waals surface area contributed by atoms with E-state index in [4.69, 9.17) is 0 Å². The minimum absolute atomic E-state index is 0.669. The van der Waals surface area contributed by atoms with Crippen LogP contribution in [0, 0.1) is 11.8 Å². The summed E-state index contributed by atoms with van der Waals surface area (Å²) in [4.78, 5) is 0. The predicted molar refractivity (Wildman–Crippen MR) is 66.8 cm³/mol. The smallest absolute Gasteiger partial charge is 0.0538 e. The fraction of sp³-hybridized carbons (Fsp3) is 0.615. The van der Waals surface area contributed by atoms with E-state index >= 15 is 0 Å². The van der Waals surface area contributed by atoms with E-state index in [1.807, 2.05) is 12.4 Å². The van der Waals surface area contributed by atoms with E-state index < -0.39 is 0 Å². The minimum atomic E-state index is 0.669. The molecule has 1 saturated carbocycles. The van der Waals surface area contributed by atoms with Gasteiger partial charge < -0.3 is 5.32 Å².